The average molecular weight is 250 g/mol. The first kappa shape index (κ1) is 12.4. The first-order valence-electron chi connectivity index (χ1n) is 5.38. The molecular weight excluding hydrogens is 238 g/mol. The number of hydrogen-bond donors (Lipinski definition) is 2. The Labute approximate surface area is 103 Å². The van der Waals surface area contributed by atoms with Crippen LogP contribution < -0.4 is 0 Å². The summed E-state index contributed by atoms with van der Waals surface area (Å²) in [4.78, 5) is 0. The molecule has 94 valence electrons. The van der Waals surface area contributed by atoms with Gasteiger partial charge < -0.3 is 10.2 Å². The van der Waals surface area contributed by atoms with Gasteiger partial charge >= 0.3 is 0 Å². The van der Waals surface area contributed by atoms with Gasteiger partial charge in [-0.3, -0.25) is 0 Å². The Kier molecular flexibility index (Phi) is 2.95. The lowest BCUT2D eigenvalue weighted by atomic mass is 9.99. The van der Waals surface area contributed by atoms with E-state index in [2.05, 4.69) is 0 Å². The van der Waals surface area contributed by atoms with Gasteiger partial charge in [0.15, 0.2) is 23.1 Å². The highest BCUT2D eigenvalue weighted by molar-refractivity contribution is 5.76. The lowest BCUT2D eigenvalue weighted by molar-refractivity contribution is 0.426. The minimum absolute atomic E-state index is 0.0765. The van der Waals surface area contributed by atoms with E-state index in [1.165, 1.54) is 24.3 Å². The molecular formula is C14H12F2O2. The Hall–Kier alpha value is -2.10. The third kappa shape index (κ3) is 2.01. The van der Waals surface area contributed by atoms with Gasteiger partial charge in [-0.15, -0.1) is 0 Å². The van der Waals surface area contributed by atoms with E-state index >= 15 is 0 Å². The fourth-order valence-electron chi connectivity index (χ4n) is 1.88. The molecule has 0 bridgehead atoms. The van der Waals surface area contributed by atoms with Crippen molar-refractivity contribution in [1.82, 2.24) is 0 Å². The third-order valence-corrected chi connectivity index (χ3v) is 2.71. The maximum absolute atomic E-state index is 13.4. The average Bonchev–Trinajstić information content (AvgIpc) is 2.28. The molecule has 0 unspecified atom stereocenters. The molecule has 0 atom stereocenters. The summed E-state index contributed by atoms with van der Waals surface area (Å²) in [5.74, 6) is -2.79. The van der Waals surface area contributed by atoms with Gasteiger partial charge in [-0.05, 0) is 49.2 Å². The molecule has 0 aliphatic heterocycles. The molecule has 18 heavy (non-hydrogen) atoms. The van der Waals surface area contributed by atoms with Crippen LogP contribution in [0.15, 0.2) is 24.3 Å². The first-order chi connectivity index (χ1) is 8.40. The van der Waals surface area contributed by atoms with Crippen molar-refractivity contribution in [3.8, 4) is 22.6 Å². The van der Waals surface area contributed by atoms with Crippen LogP contribution in [0.1, 0.15) is 11.1 Å². The Morgan fingerprint density at radius 2 is 1.06 bits per heavy atom. The summed E-state index contributed by atoms with van der Waals surface area (Å²) in [5, 5.41) is 19.3. The normalized spacial score (nSPS) is 10.7. The summed E-state index contributed by atoms with van der Waals surface area (Å²) >= 11 is 0. The van der Waals surface area contributed by atoms with Gasteiger partial charge in [-0.25, -0.2) is 8.78 Å². The van der Waals surface area contributed by atoms with E-state index in [1.807, 2.05) is 0 Å². The van der Waals surface area contributed by atoms with Crippen molar-refractivity contribution >= 4 is 0 Å². The molecule has 0 heterocycles. The van der Waals surface area contributed by atoms with E-state index in [9.17, 15) is 19.0 Å². The molecule has 0 aliphatic rings. The van der Waals surface area contributed by atoms with Crippen molar-refractivity contribution in [3.63, 3.8) is 0 Å². The predicted molar refractivity (Wildman–Crippen MR) is 64.6 cm³/mol. The number of phenolic OH excluding ortho intramolecular Hbond substituents is 2. The molecule has 0 saturated carbocycles. The molecule has 2 rings (SSSR count). The number of aromatic hydroxyl groups is 2. The molecule has 0 saturated heterocycles. The monoisotopic (exact) mass is 250 g/mol. The number of hydrogen-bond acceptors (Lipinski definition) is 2. The molecule has 0 radical (unpaired) electrons. The van der Waals surface area contributed by atoms with Crippen molar-refractivity contribution in [1.29, 1.82) is 0 Å². The van der Waals surface area contributed by atoms with E-state index in [1.54, 1.807) is 13.8 Å². The zero-order valence-corrected chi connectivity index (χ0v) is 9.96. The Balaban J connectivity index is 2.77. The Morgan fingerprint density at radius 3 is 1.39 bits per heavy atom. The van der Waals surface area contributed by atoms with E-state index in [4.69, 9.17) is 0 Å². The summed E-state index contributed by atoms with van der Waals surface area (Å²) in [6, 6.07) is 5.32. The lowest BCUT2D eigenvalue weighted by Gasteiger charge is -2.10. The van der Waals surface area contributed by atoms with Crippen LogP contribution in [0, 0.1) is 25.5 Å². The number of benzene rings is 2. The Morgan fingerprint density at radius 1 is 0.722 bits per heavy atom. The minimum Gasteiger partial charge on any atom is -0.504 e. The summed E-state index contributed by atoms with van der Waals surface area (Å²) in [5.41, 5.74) is 1.29. The molecule has 2 nitrogen and oxygen atoms in total. The van der Waals surface area contributed by atoms with E-state index in [0.717, 1.165) is 0 Å². The van der Waals surface area contributed by atoms with Crippen molar-refractivity contribution in [2.45, 2.75) is 13.8 Å². The van der Waals surface area contributed by atoms with Crippen LogP contribution in [0.2, 0.25) is 0 Å². The SMILES string of the molecule is Cc1cc(F)c(O)c(-c2cc(C)cc(F)c2O)c1. The predicted octanol–water partition coefficient (Wildman–Crippen LogP) is 3.66. The summed E-state index contributed by atoms with van der Waals surface area (Å²) in [6.45, 7) is 3.30. The second-order valence-corrected chi connectivity index (χ2v) is 4.29. The smallest absolute Gasteiger partial charge is 0.165 e. The maximum Gasteiger partial charge on any atom is 0.165 e. The highest BCUT2D eigenvalue weighted by Crippen LogP contribution is 2.39. The molecule has 0 aliphatic carbocycles. The van der Waals surface area contributed by atoms with Crippen LogP contribution in [0.4, 0.5) is 8.78 Å². The summed E-state index contributed by atoms with van der Waals surface area (Å²) < 4.78 is 26.9. The zero-order chi connectivity index (χ0) is 13.4. The fourth-order valence-corrected chi connectivity index (χ4v) is 1.88. The molecule has 0 fully saturated rings. The largest absolute Gasteiger partial charge is 0.504 e. The molecule has 0 amide bonds. The molecule has 2 aromatic rings. The second kappa shape index (κ2) is 4.29. The number of rotatable bonds is 1. The molecule has 0 aromatic heterocycles. The lowest BCUT2D eigenvalue weighted by Crippen LogP contribution is -1.90. The van der Waals surface area contributed by atoms with Gasteiger partial charge in [0, 0.05) is 11.1 Å². The molecule has 2 aromatic carbocycles. The fraction of sp³-hybridized carbons (Fsp3) is 0.143. The zero-order valence-electron chi connectivity index (χ0n) is 9.96. The number of aryl methyl sites for hydroxylation is 2. The van der Waals surface area contributed by atoms with Gasteiger partial charge in [0.1, 0.15) is 0 Å². The summed E-state index contributed by atoms with van der Waals surface area (Å²) in [7, 11) is 0. The molecule has 0 spiro atoms. The molecule has 4 heteroatoms. The van der Waals surface area contributed by atoms with Crippen LogP contribution in [-0.4, -0.2) is 10.2 Å². The summed E-state index contributed by atoms with van der Waals surface area (Å²) in [6.07, 6.45) is 0. The first-order valence-corrected chi connectivity index (χ1v) is 5.38. The second-order valence-electron chi connectivity index (χ2n) is 4.29. The van der Waals surface area contributed by atoms with Gasteiger partial charge in [-0.2, -0.15) is 0 Å². The van der Waals surface area contributed by atoms with E-state index in [-0.39, 0.29) is 11.1 Å². The van der Waals surface area contributed by atoms with Crippen LogP contribution in [0.25, 0.3) is 11.1 Å². The van der Waals surface area contributed by atoms with Crippen molar-refractivity contribution in [2.75, 3.05) is 0 Å². The van der Waals surface area contributed by atoms with E-state index in [0.29, 0.717) is 11.1 Å². The topological polar surface area (TPSA) is 40.5 Å². The highest BCUT2D eigenvalue weighted by Gasteiger charge is 2.16. The van der Waals surface area contributed by atoms with E-state index < -0.39 is 23.1 Å². The Bertz CT molecular complexity index is 566. The standard InChI is InChI=1S/C14H12F2O2/c1-7-3-9(13(17)11(15)5-7)10-4-8(2)6-12(16)14(10)18/h3-6,17-18H,1-2H3. The van der Waals surface area contributed by atoms with Gasteiger partial charge in [0.05, 0.1) is 0 Å². The highest BCUT2D eigenvalue weighted by atomic mass is 19.1. The minimum atomic E-state index is -0.800. The van der Waals surface area contributed by atoms with Crippen LogP contribution in [0.5, 0.6) is 11.5 Å². The van der Waals surface area contributed by atoms with Crippen molar-refractivity contribution < 1.29 is 19.0 Å². The quantitative estimate of drug-likeness (QED) is 0.810. The van der Waals surface area contributed by atoms with Crippen molar-refractivity contribution in [2.24, 2.45) is 0 Å². The molecule has 2 N–H and O–H groups in total. The number of halogens is 2. The maximum atomic E-state index is 13.4. The van der Waals surface area contributed by atoms with Gasteiger partial charge in [0.2, 0.25) is 0 Å². The van der Waals surface area contributed by atoms with Crippen LogP contribution in [0.3, 0.4) is 0 Å². The van der Waals surface area contributed by atoms with Crippen LogP contribution in [-0.2, 0) is 0 Å². The van der Waals surface area contributed by atoms with Gasteiger partial charge in [-0.1, -0.05) is 0 Å². The van der Waals surface area contributed by atoms with Crippen molar-refractivity contribution in [3.05, 3.63) is 47.0 Å². The third-order valence-electron chi connectivity index (χ3n) is 2.71. The number of phenols is 2. The van der Waals surface area contributed by atoms with Gasteiger partial charge in [0.25, 0.3) is 0 Å². The van der Waals surface area contributed by atoms with Crippen LogP contribution >= 0.6 is 0 Å².